The largest absolute Gasteiger partial charge is 0.388 e. The number of aromatic amines is 1. The van der Waals surface area contributed by atoms with Crippen molar-refractivity contribution in [2.45, 2.75) is 6.42 Å². The molecule has 0 bridgehead atoms. The number of hydrogen-bond donors (Lipinski definition) is 1. The number of fused-ring (bicyclic) bond motifs is 1. The number of halogens is 1. The normalized spacial score (nSPS) is 14.6. The summed E-state index contributed by atoms with van der Waals surface area (Å²) in [5, 5.41) is 0.906. The van der Waals surface area contributed by atoms with Gasteiger partial charge in [0.05, 0.1) is 19.6 Å². The Morgan fingerprint density at radius 1 is 1.36 bits per heavy atom. The number of hydrogen-bond acceptors (Lipinski definition) is 3. The maximum atomic E-state index is 13.1. The smallest absolute Gasteiger partial charge is 0.227 e. The molecule has 1 saturated heterocycles. The van der Waals surface area contributed by atoms with E-state index in [0.29, 0.717) is 32.7 Å². The zero-order chi connectivity index (χ0) is 15.9. The summed E-state index contributed by atoms with van der Waals surface area (Å²) in [5.41, 5.74) is 1.64. The molecule has 2 aromatic rings. The summed E-state index contributed by atoms with van der Waals surface area (Å²) in [7, 11) is 3.25. The van der Waals surface area contributed by atoms with Crippen molar-refractivity contribution in [1.29, 1.82) is 0 Å². The number of aromatic nitrogens is 1. The average Bonchev–Trinajstić information content (AvgIpc) is 2.91. The number of H-pyrrole nitrogens is 1. The van der Waals surface area contributed by atoms with Crippen LogP contribution in [0, 0.1) is 5.82 Å². The number of amides is 1. The Morgan fingerprint density at radius 3 is 2.73 bits per heavy atom. The van der Waals surface area contributed by atoms with Crippen LogP contribution in [0.25, 0.3) is 10.9 Å². The molecule has 0 atom stereocenters. The number of benzene rings is 1. The highest BCUT2D eigenvalue weighted by Crippen LogP contribution is 2.20. The quantitative estimate of drug-likeness (QED) is 0.923. The van der Waals surface area contributed by atoms with Gasteiger partial charge in [-0.1, -0.05) is 0 Å². The van der Waals surface area contributed by atoms with Crippen LogP contribution in [0.3, 0.4) is 0 Å². The summed E-state index contributed by atoms with van der Waals surface area (Å²) in [6.45, 7) is 2.50. The number of carbonyl (C=O) groups excluding carboxylic acids is 1. The van der Waals surface area contributed by atoms with E-state index in [0.717, 1.165) is 16.5 Å². The van der Waals surface area contributed by atoms with E-state index in [4.69, 9.17) is 4.74 Å². The number of nitrogens with one attached hydrogen (secondary N) is 1. The van der Waals surface area contributed by atoms with Crippen LogP contribution in [0.4, 0.5) is 4.39 Å². The molecular formula is C16H21FN2O3. The third kappa shape index (κ3) is 4.05. The maximum absolute atomic E-state index is 13.1. The molecule has 0 saturated carbocycles. The van der Waals surface area contributed by atoms with E-state index >= 15 is 0 Å². The Balaban J connectivity index is 0.000000545. The molecule has 1 aliphatic heterocycles. The van der Waals surface area contributed by atoms with Crippen LogP contribution < -0.4 is 0 Å². The minimum absolute atomic E-state index is 0.0912. The third-order valence-electron chi connectivity index (χ3n) is 3.43. The van der Waals surface area contributed by atoms with E-state index in [1.807, 2.05) is 4.90 Å². The first-order valence-corrected chi connectivity index (χ1v) is 7.17. The zero-order valence-corrected chi connectivity index (χ0v) is 12.9. The third-order valence-corrected chi connectivity index (χ3v) is 3.43. The summed E-state index contributed by atoms with van der Waals surface area (Å²) >= 11 is 0. The first-order chi connectivity index (χ1) is 10.7. The van der Waals surface area contributed by atoms with Gasteiger partial charge in [0.15, 0.2) is 0 Å². The molecule has 0 aliphatic carbocycles. The summed E-state index contributed by atoms with van der Waals surface area (Å²) in [6.07, 6.45) is 2.12. The lowest BCUT2D eigenvalue weighted by Crippen LogP contribution is -2.41. The molecule has 2 heterocycles. The van der Waals surface area contributed by atoms with E-state index in [2.05, 4.69) is 9.72 Å². The summed E-state index contributed by atoms with van der Waals surface area (Å²) in [5.74, 6) is -0.186. The second-order valence-corrected chi connectivity index (χ2v) is 5.08. The lowest BCUT2D eigenvalue weighted by molar-refractivity contribution is -0.134. The van der Waals surface area contributed by atoms with Gasteiger partial charge in [0.1, 0.15) is 5.82 Å². The molecule has 120 valence electrons. The van der Waals surface area contributed by atoms with Crippen LogP contribution in [0.1, 0.15) is 5.56 Å². The van der Waals surface area contributed by atoms with Gasteiger partial charge in [0.2, 0.25) is 5.91 Å². The second-order valence-electron chi connectivity index (χ2n) is 5.08. The predicted molar refractivity (Wildman–Crippen MR) is 82.3 cm³/mol. The van der Waals surface area contributed by atoms with E-state index in [1.165, 1.54) is 12.1 Å². The van der Waals surface area contributed by atoms with Gasteiger partial charge in [-0.2, -0.15) is 0 Å². The van der Waals surface area contributed by atoms with Crippen LogP contribution in [0.15, 0.2) is 24.4 Å². The number of methoxy groups -OCH3 is 1. The van der Waals surface area contributed by atoms with Crippen molar-refractivity contribution in [3.8, 4) is 0 Å². The Labute approximate surface area is 129 Å². The monoisotopic (exact) mass is 308 g/mol. The fraction of sp³-hybridized carbons (Fsp3) is 0.438. The minimum atomic E-state index is -0.277. The highest BCUT2D eigenvalue weighted by atomic mass is 19.1. The van der Waals surface area contributed by atoms with Gasteiger partial charge >= 0.3 is 0 Å². The Bertz CT molecular complexity index is 621. The van der Waals surface area contributed by atoms with Crippen LogP contribution in [-0.4, -0.2) is 56.3 Å². The number of rotatable bonds is 2. The second kappa shape index (κ2) is 7.91. The van der Waals surface area contributed by atoms with Gasteiger partial charge in [0, 0.05) is 44.4 Å². The van der Waals surface area contributed by atoms with E-state index in [-0.39, 0.29) is 11.7 Å². The topological polar surface area (TPSA) is 54.6 Å². The molecule has 1 fully saturated rings. The SMILES string of the molecule is COC.O=C(Cc1c[nH]c2cc(F)ccc12)N1CCOCC1. The lowest BCUT2D eigenvalue weighted by atomic mass is 10.1. The van der Waals surface area contributed by atoms with Crippen molar-refractivity contribution >= 4 is 16.8 Å². The molecular weight excluding hydrogens is 287 g/mol. The van der Waals surface area contributed by atoms with Gasteiger partial charge in [-0.3, -0.25) is 4.79 Å². The van der Waals surface area contributed by atoms with Gasteiger partial charge in [-0.15, -0.1) is 0 Å². The van der Waals surface area contributed by atoms with Gasteiger partial charge in [-0.05, 0) is 23.8 Å². The van der Waals surface area contributed by atoms with Crippen molar-refractivity contribution in [1.82, 2.24) is 9.88 Å². The summed E-state index contributed by atoms with van der Waals surface area (Å²) < 4.78 is 22.6. The molecule has 0 radical (unpaired) electrons. The van der Waals surface area contributed by atoms with Crippen LogP contribution >= 0.6 is 0 Å². The highest BCUT2D eigenvalue weighted by Gasteiger charge is 2.18. The Morgan fingerprint density at radius 2 is 2.05 bits per heavy atom. The molecule has 6 heteroatoms. The van der Waals surface area contributed by atoms with E-state index < -0.39 is 0 Å². The molecule has 1 aromatic heterocycles. The number of nitrogens with zero attached hydrogens (tertiary/aromatic N) is 1. The van der Waals surface area contributed by atoms with Crippen molar-refractivity contribution in [2.24, 2.45) is 0 Å². The molecule has 0 spiro atoms. The Hall–Kier alpha value is -1.92. The highest BCUT2D eigenvalue weighted by molar-refractivity contribution is 5.89. The molecule has 5 nitrogen and oxygen atoms in total. The van der Waals surface area contributed by atoms with Crippen molar-refractivity contribution < 1.29 is 18.7 Å². The summed E-state index contributed by atoms with van der Waals surface area (Å²) in [4.78, 5) is 17.0. The van der Waals surface area contributed by atoms with Crippen LogP contribution in [0.2, 0.25) is 0 Å². The minimum Gasteiger partial charge on any atom is -0.388 e. The molecule has 0 unspecified atom stereocenters. The summed E-state index contributed by atoms with van der Waals surface area (Å²) in [6, 6.07) is 4.57. The molecule has 3 rings (SSSR count). The molecule has 1 amide bonds. The van der Waals surface area contributed by atoms with Crippen molar-refractivity contribution in [3.63, 3.8) is 0 Å². The standard InChI is InChI=1S/C14H15FN2O2.C2H6O/c15-11-1-2-12-10(9-16-13(12)8-11)7-14(18)17-3-5-19-6-4-17;1-3-2/h1-2,8-9,16H,3-7H2;1-2H3. The van der Waals surface area contributed by atoms with Crippen LogP contribution in [0.5, 0.6) is 0 Å². The number of ether oxygens (including phenoxy) is 2. The zero-order valence-electron chi connectivity index (χ0n) is 12.9. The maximum Gasteiger partial charge on any atom is 0.227 e. The molecule has 22 heavy (non-hydrogen) atoms. The number of morpholine rings is 1. The van der Waals surface area contributed by atoms with E-state index in [9.17, 15) is 9.18 Å². The first-order valence-electron chi connectivity index (χ1n) is 7.17. The fourth-order valence-corrected chi connectivity index (χ4v) is 2.39. The van der Waals surface area contributed by atoms with Crippen molar-refractivity contribution in [3.05, 3.63) is 35.8 Å². The molecule has 1 N–H and O–H groups in total. The molecule has 1 aliphatic rings. The van der Waals surface area contributed by atoms with Gasteiger partial charge in [-0.25, -0.2) is 4.39 Å². The van der Waals surface area contributed by atoms with Crippen molar-refractivity contribution in [2.75, 3.05) is 40.5 Å². The fourth-order valence-electron chi connectivity index (χ4n) is 2.39. The molecule has 1 aromatic carbocycles. The van der Waals surface area contributed by atoms with Gasteiger partial charge in [0.25, 0.3) is 0 Å². The average molecular weight is 308 g/mol. The van der Waals surface area contributed by atoms with Gasteiger partial charge < -0.3 is 19.4 Å². The van der Waals surface area contributed by atoms with Crippen LogP contribution in [-0.2, 0) is 20.7 Å². The first kappa shape index (κ1) is 16.5. The Kier molecular flexibility index (Phi) is 5.91. The predicted octanol–water partition coefficient (Wildman–Crippen LogP) is 1.97. The van der Waals surface area contributed by atoms with E-state index in [1.54, 1.807) is 26.5 Å². The number of carbonyl (C=O) groups is 1. The lowest BCUT2D eigenvalue weighted by Gasteiger charge is -2.26.